The van der Waals surface area contributed by atoms with Crippen molar-refractivity contribution in [3.05, 3.63) is 28.2 Å². The minimum Gasteiger partial charge on any atom is -0.497 e. The van der Waals surface area contributed by atoms with Crippen LogP contribution in [0, 0.1) is 17.3 Å². The van der Waals surface area contributed by atoms with E-state index in [1.54, 1.807) is 7.11 Å². The molecular weight excluding hydrogens is 302 g/mol. The standard InChI is InChI=1S/C16H22BrNO/c1-19-14-4-5-15(17)12(7-14)9-16(10-18)8-11-2-3-13(16)6-11/h4-5,7,11,13H,2-3,6,8-10,18H2,1H3. The highest BCUT2D eigenvalue weighted by Gasteiger charge is 2.49. The zero-order valence-corrected chi connectivity index (χ0v) is 13.1. The molecule has 1 aromatic rings. The molecule has 104 valence electrons. The van der Waals surface area contributed by atoms with Crippen LogP contribution in [-0.2, 0) is 6.42 Å². The van der Waals surface area contributed by atoms with Gasteiger partial charge in [-0.05, 0) is 73.2 Å². The van der Waals surface area contributed by atoms with Gasteiger partial charge in [0.15, 0.2) is 0 Å². The minimum atomic E-state index is 0.331. The van der Waals surface area contributed by atoms with Crippen LogP contribution in [0.15, 0.2) is 22.7 Å². The molecule has 2 N–H and O–H groups in total. The van der Waals surface area contributed by atoms with Gasteiger partial charge in [-0.15, -0.1) is 0 Å². The van der Waals surface area contributed by atoms with E-state index in [0.717, 1.165) is 30.6 Å². The molecule has 0 aliphatic heterocycles. The molecule has 1 aromatic carbocycles. The number of methoxy groups -OCH3 is 1. The maximum atomic E-state index is 6.18. The molecule has 2 nitrogen and oxygen atoms in total. The smallest absolute Gasteiger partial charge is 0.119 e. The van der Waals surface area contributed by atoms with Crippen LogP contribution in [-0.4, -0.2) is 13.7 Å². The van der Waals surface area contributed by atoms with Gasteiger partial charge in [0, 0.05) is 4.47 Å². The summed E-state index contributed by atoms with van der Waals surface area (Å²) in [6, 6.07) is 6.25. The summed E-state index contributed by atoms with van der Waals surface area (Å²) in [7, 11) is 1.73. The van der Waals surface area contributed by atoms with E-state index in [9.17, 15) is 0 Å². The van der Waals surface area contributed by atoms with E-state index < -0.39 is 0 Å². The van der Waals surface area contributed by atoms with E-state index in [0.29, 0.717) is 5.41 Å². The number of nitrogens with two attached hydrogens (primary N) is 1. The first-order valence-corrected chi connectivity index (χ1v) is 7.98. The highest BCUT2D eigenvalue weighted by Crippen LogP contribution is 2.57. The largest absolute Gasteiger partial charge is 0.497 e. The molecule has 0 spiro atoms. The number of ether oxygens (including phenoxy) is 1. The lowest BCUT2D eigenvalue weighted by molar-refractivity contribution is 0.171. The van der Waals surface area contributed by atoms with E-state index in [1.165, 1.54) is 35.7 Å². The fourth-order valence-electron chi connectivity index (χ4n) is 4.29. The molecule has 2 fully saturated rings. The number of halogens is 1. The Labute approximate surface area is 123 Å². The summed E-state index contributed by atoms with van der Waals surface area (Å²) in [5, 5.41) is 0. The molecule has 2 aliphatic carbocycles. The van der Waals surface area contributed by atoms with Gasteiger partial charge < -0.3 is 10.5 Å². The van der Waals surface area contributed by atoms with Crippen LogP contribution in [0.25, 0.3) is 0 Å². The molecule has 2 saturated carbocycles. The summed E-state index contributed by atoms with van der Waals surface area (Å²) in [5.74, 6) is 2.70. The van der Waals surface area contributed by atoms with Crippen LogP contribution in [0.5, 0.6) is 5.75 Å². The topological polar surface area (TPSA) is 35.2 Å². The summed E-state index contributed by atoms with van der Waals surface area (Å²) >= 11 is 3.68. The second-order valence-electron chi connectivity index (χ2n) is 6.28. The van der Waals surface area contributed by atoms with Gasteiger partial charge in [-0.2, -0.15) is 0 Å². The Hall–Kier alpha value is -0.540. The Morgan fingerprint density at radius 3 is 2.84 bits per heavy atom. The molecule has 0 radical (unpaired) electrons. The van der Waals surface area contributed by atoms with Gasteiger partial charge in [-0.3, -0.25) is 0 Å². The fraction of sp³-hybridized carbons (Fsp3) is 0.625. The molecular formula is C16H22BrNO. The second-order valence-corrected chi connectivity index (χ2v) is 7.14. The van der Waals surface area contributed by atoms with Crippen molar-refractivity contribution in [3.8, 4) is 5.75 Å². The number of fused-ring (bicyclic) bond motifs is 2. The summed E-state index contributed by atoms with van der Waals surface area (Å²) in [4.78, 5) is 0. The lowest BCUT2D eigenvalue weighted by Crippen LogP contribution is -2.38. The molecule has 3 rings (SSSR count). The lowest BCUT2D eigenvalue weighted by Gasteiger charge is -2.37. The Morgan fingerprint density at radius 2 is 2.26 bits per heavy atom. The molecule has 3 atom stereocenters. The number of hydrogen-bond acceptors (Lipinski definition) is 2. The van der Waals surface area contributed by atoms with Gasteiger partial charge in [0.1, 0.15) is 5.75 Å². The normalized spacial score (nSPS) is 32.8. The number of benzene rings is 1. The van der Waals surface area contributed by atoms with Crippen molar-refractivity contribution in [1.82, 2.24) is 0 Å². The predicted molar refractivity (Wildman–Crippen MR) is 81.3 cm³/mol. The summed E-state index contributed by atoms with van der Waals surface area (Å²) in [6.07, 6.45) is 6.61. The van der Waals surface area contributed by atoms with Gasteiger partial charge >= 0.3 is 0 Å². The van der Waals surface area contributed by atoms with Crippen molar-refractivity contribution in [2.45, 2.75) is 32.1 Å². The van der Waals surface area contributed by atoms with Gasteiger partial charge in [0.2, 0.25) is 0 Å². The van der Waals surface area contributed by atoms with Crippen LogP contribution in [0.1, 0.15) is 31.2 Å². The zero-order valence-electron chi connectivity index (χ0n) is 11.5. The van der Waals surface area contributed by atoms with E-state index in [2.05, 4.69) is 28.1 Å². The van der Waals surface area contributed by atoms with Crippen molar-refractivity contribution >= 4 is 15.9 Å². The maximum absolute atomic E-state index is 6.18. The van der Waals surface area contributed by atoms with Gasteiger partial charge in [0.05, 0.1) is 7.11 Å². The van der Waals surface area contributed by atoms with Crippen molar-refractivity contribution in [1.29, 1.82) is 0 Å². The Balaban J connectivity index is 1.87. The summed E-state index contributed by atoms with van der Waals surface area (Å²) in [5.41, 5.74) is 7.85. The third-order valence-electron chi connectivity index (χ3n) is 5.30. The number of hydrogen-bond donors (Lipinski definition) is 1. The van der Waals surface area contributed by atoms with Crippen molar-refractivity contribution in [3.63, 3.8) is 0 Å². The fourth-order valence-corrected chi connectivity index (χ4v) is 4.68. The molecule has 0 heterocycles. The molecule has 2 bridgehead atoms. The van der Waals surface area contributed by atoms with E-state index >= 15 is 0 Å². The highest BCUT2D eigenvalue weighted by molar-refractivity contribution is 9.10. The van der Waals surface area contributed by atoms with Crippen LogP contribution in [0.3, 0.4) is 0 Å². The zero-order chi connectivity index (χ0) is 13.5. The third-order valence-corrected chi connectivity index (χ3v) is 6.08. The van der Waals surface area contributed by atoms with Crippen LogP contribution in [0.2, 0.25) is 0 Å². The Morgan fingerprint density at radius 1 is 1.42 bits per heavy atom. The molecule has 3 heteroatoms. The van der Waals surface area contributed by atoms with Crippen molar-refractivity contribution in [2.75, 3.05) is 13.7 Å². The Bertz CT molecular complexity index is 476. The maximum Gasteiger partial charge on any atom is 0.119 e. The predicted octanol–water partition coefficient (Wildman–Crippen LogP) is 3.77. The first-order chi connectivity index (χ1) is 9.16. The molecule has 2 aliphatic rings. The van der Waals surface area contributed by atoms with E-state index in [1.807, 2.05) is 6.07 Å². The molecule has 0 amide bonds. The lowest BCUT2D eigenvalue weighted by atomic mass is 9.69. The average molecular weight is 324 g/mol. The van der Waals surface area contributed by atoms with E-state index in [-0.39, 0.29) is 0 Å². The number of rotatable bonds is 4. The molecule has 19 heavy (non-hydrogen) atoms. The molecule has 0 saturated heterocycles. The van der Waals surface area contributed by atoms with Gasteiger partial charge in [-0.1, -0.05) is 22.4 Å². The Kier molecular flexibility index (Phi) is 3.61. The van der Waals surface area contributed by atoms with Crippen LogP contribution >= 0.6 is 15.9 Å². The minimum absolute atomic E-state index is 0.331. The molecule has 0 aromatic heterocycles. The second kappa shape index (κ2) is 5.10. The third kappa shape index (κ3) is 2.31. The van der Waals surface area contributed by atoms with Crippen LogP contribution < -0.4 is 10.5 Å². The van der Waals surface area contributed by atoms with Gasteiger partial charge in [-0.25, -0.2) is 0 Å². The highest BCUT2D eigenvalue weighted by atomic mass is 79.9. The SMILES string of the molecule is COc1ccc(Br)c(CC2(CN)CC3CCC2C3)c1. The summed E-state index contributed by atoms with van der Waals surface area (Å²) < 4.78 is 6.53. The van der Waals surface area contributed by atoms with Crippen molar-refractivity contribution < 1.29 is 4.74 Å². The average Bonchev–Trinajstić information content (AvgIpc) is 3.02. The molecule has 3 unspecified atom stereocenters. The quantitative estimate of drug-likeness (QED) is 0.915. The first kappa shape index (κ1) is 13.4. The van der Waals surface area contributed by atoms with Crippen molar-refractivity contribution in [2.24, 2.45) is 23.0 Å². The van der Waals surface area contributed by atoms with Crippen LogP contribution in [0.4, 0.5) is 0 Å². The summed E-state index contributed by atoms with van der Waals surface area (Å²) in [6.45, 7) is 0.817. The van der Waals surface area contributed by atoms with E-state index in [4.69, 9.17) is 10.5 Å². The first-order valence-electron chi connectivity index (χ1n) is 7.19. The monoisotopic (exact) mass is 323 g/mol. The van der Waals surface area contributed by atoms with Gasteiger partial charge in [0.25, 0.3) is 0 Å².